The van der Waals surface area contributed by atoms with Crippen molar-refractivity contribution in [2.24, 2.45) is 0 Å². The SMILES string of the molecule is CNc1nc(=O)n([C@@H]2O[C@H](CO)[C@@H](O)[C@H]2O)cc1F. The van der Waals surface area contributed by atoms with Gasteiger partial charge in [-0.15, -0.1) is 0 Å². The van der Waals surface area contributed by atoms with Gasteiger partial charge in [-0.05, 0) is 0 Å². The maximum Gasteiger partial charge on any atom is 0.351 e. The quantitative estimate of drug-likeness (QED) is 0.506. The number of aliphatic hydroxyl groups excluding tert-OH is 3. The van der Waals surface area contributed by atoms with Gasteiger partial charge >= 0.3 is 5.69 Å². The summed E-state index contributed by atoms with van der Waals surface area (Å²) in [5.74, 6) is -1.03. The molecule has 1 aromatic heterocycles. The van der Waals surface area contributed by atoms with Crippen LogP contribution in [-0.4, -0.2) is 56.8 Å². The van der Waals surface area contributed by atoms with Crippen LogP contribution >= 0.6 is 0 Å². The zero-order chi connectivity index (χ0) is 14.2. The average Bonchev–Trinajstić information content (AvgIpc) is 2.68. The molecule has 1 aliphatic heterocycles. The molecule has 4 atom stereocenters. The third-order valence-corrected chi connectivity index (χ3v) is 2.94. The highest BCUT2D eigenvalue weighted by molar-refractivity contribution is 5.32. The van der Waals surface area contributed by atoms with E-state index in [0.29, 0.717) is 0 Å². The van der Waals surface area contributed by atoms with Crippen LogP contribution in [0.3, 0.4) is 0 Å². The summed E-state index contributed by atoms with van der Waals surface area (Å²) in [6, 6.07) is 0. The van der Waals surface area contributed by atoms with Crippen LogP contribution in [0.5, 0.6) is 0 Å². The van der Waals surface area contributed by atoms with Crippen molar-refractivity contribution in [1.29, 1.82) is 0 Å². The van der Waals surface area contributed by atoms with Crippen LogP contribution in [0, 0.1) is 5.82 Å². The lowest BCUT2D eigenvalue weighted by Crippen LogP contribution is -2.36. The number of hydrogen-bond acceptors (Lipinski definition) is 7. The normalized spacial score (nSPS) is 30.6. The number of nitrogens with zero attached hydrogens (tertiary/aromatic N) is 2. The van der Waals surface area contributed by atoms with Crippen LogP contribution in [0.15, 0.2) is 11.0 Å². The second-order valence-corrected chi connectivity index (χ2v) is 4.11. The van der Waals surface area contributed by atoms with E-state index in [9.17, 15) is 19.4 Å². The zero-order valence-electron chi connectivity index (χ0n) is 10.0. The summed E-state index contributed by atoms with van der Waals surface area (Å²) in [7, 11) is 1.40. The largest absolute Gasteiger partial charge is 0.394 e. The average molecular weight is 275 g/mol. The number of nitrogens with one attached hydrogen (secondary N) is 1. The van der Waals surface area contributed by atoms with Gasteiger partial charge in [-0.3, -0.25) is 4.57 Å². The van der Waals surface area contributed by atoms with E-state index in [-0.39, 0.29) is 5.82 Å². The van der Waals surface area contributed by atoms with E-state index < -0.39 is 42.7 Å². The Labute approximate surface area is 107 Å². The van der Waals surface area contributed by atoms with Crippen LogP contribution in [0.25, 0.3) is 0 Å². The van der Waals surface area contributed by atoms with Crippen molar-refractivity contribution in [2.45, 2.75) is 24.5 Å². The van der Waals surface area contributed by atoms with Crippen molar-refractivity contribution in [3.8, 4) is 0 Å². The molecular weight excluding hydrogens is 261 g/mol. The number of aliphatic hydroxyl groups is 3. The van der Waals surface area contributed by atoms with Crippen molar-refractivity contribution < 1.29 is 24.4 Å². The summed E-state index contributed by atoms with van der Waals surface area (Å²) in [4.78, 5) is 15.1. The molecule has 2 heterocycles. The second-order valence-electron chi connectivity index (χ2n) is 4.11. The first-order chi connectivity index (χ1) is 8.99. The lowest BCUT2D eigenvalue weighted by atomic mass is 10.1. The van der Waals surface area contributed by atoms with Gasteiger partial charge in [-0.1, -0.05) is 0 Å². The first kappa shape index (κ1) is 13.9. The molecule has 1 aromatic rings. The van der Waals surface area contributed by atoms with Crippen molar-refractivity contribution in [3.05, 3.63) is 22.5 Å². The Bertz CT molecular complexity index is 522. The van der Waals surface area contributed by atoms with E-state index in [4.69, 9.17) is 9.84 Å². The predicted molar refractivity (Wildman–Crippen MR) is 61.0 cm³/mol. The Morgan fingerprint density at radius 1 is 1.53 bits per heavy atom. The van der Waals surface area contributed by atoms with E-state index in [1.165, 1.54) is 7.05 Å². The fraction of sp³-hybridized carbons (Fsp3) is 0.600. The Balaban J connectivity index is 2.38. The standard InChI is InChI=1S/C10H14FN3O5/c1-12-8-4(11)2-14(10(18)13-8)9-7(17)6(16)5(3-15)19-9/h2,5-7,9,15-17H,3H2,1H3,(H,12,13,18)/t5-,6-,7-,9-/m1/s1. The minimum absolute atomic E-state index is 0.229. The van der Waals surface area contributed by atoms with Crippen LogP contribution in [0.4, 0.5) is 10.2 Å². The summed E-state index contributed by atoms with van der Waals surface area (Å²) in [6.45, 7) is -0.534. The molecule has 0 bridgehead atoms. The second kappa shape index (κ2) is 5.21. The molecule has 0 spiro atoms. The van der Waals surface area contributed by atoms with Gasteiger partial charge < -0.3 is 25.4 Å². The minimum Gasteiger partial charge on any atom is -0.394 e. The molecular formula is C10H14FN3O5. The molecule has 0 saturated carbocycles. The Morgan fingerprint density at radius 3 is 2.74 bits per heavy atom. The first-order valence-corrected chi connectivity index (χ1v) is 5.58. The van der Waals surface area contributed by atoms with Gasteiger partial charge in [0, 0.05) is 7.05 Å². The molecule has 1 aliphatic rings. The van der Waals surface area contributed by atoms with Gasteiger partial charge in [0.2, 0.25) is 0 Å². The summed E-state index contributed by atoms with van der Waals surface area (Å²) in [6.07, 6.45) is -4.35. The lowest BCUT2D eigenvalue weighted by Gasteiger charge is -2.17. The smallest absolute Gasteiger partial charge is 0.351 e. The number of aromatic nitrogens is 2. The van der Waals surface area contributed by atoms with Gasteiger partial charge in [-0.2, -0.15) is 4.98 Å². The van der Waals surface area contributed by atoms with Crippen LogP contribution in [0.1, 0.15) is 6.23 Å². The molecule has 0 unspecified atom stereocenters. The molecule has 1 saturated heterocycles. The van der Waals surface area contributed by atoms with Crippen molar-refractivity contribution in [3.63, 3.8) is 0 Å². The van der Waals surface area contributed by atoms with Crippen LogP contribution in [0.2, 0.25) is 0 Å². The Morgan fingerprint density at radius 2 is 2.21 bits per heavy atom. The van der Waals surface area contributed by atoms with Crippen LogP contribution in [-0.2, 0) is 4.74 Å². The summed E-state index contributed by atoms with van der Waals surface area (Å²) in [5.41, 5.74) is -0.847. The highest BCUT2D eigenvalue weighted by Crippen LogP contribution is 2.28. The third-order valence-electron chi connectivity index (χ3n) is 2.94. The number of ether oxygens (including phenoxy) is 1. The molecule has 0 radical (unpaired) electrons. The monoisotopic (exact) mass is 275 g/mol. The van der Waals surface area contributed by atoms with Crippen molar-refractivity contribution in [1.82, 2.24) is 9.55 Å². The molecule has 1 fully saturated rings. The zero-order valence-corrected chi connectivity index (χ0v) is 10.0. The van der Waals surface area contributed by atoms with E-state index in [1.54, 1.807) is 0 Å². The van der Waals surface area contributed by atoms with Gasteiger partial charge in [0.05, 0.1) is 12.8 Å². The Kier molecular flexibility index (Phi) is 3.80. The van der Waals surface area contributed by atoms with Gasteiger partial charge in [0.15, 0.2) is 17.9 Å². The summed E-state index contributed by atoms with van der Waals surface area (Å²) >= 11 is 0. The number of hydrogen-bond donors (Lipinski definition) is 4. The van der Waals surface area contributed by atoms with Crippen molar-refractivity contribution >= 4 is 5.82 Å². The number of rotatable bonds is 3. The molecule has 106 valence electrons. The summed E-state index contributed by atoms with van der Waals surface area (Å²) < 4.78 is 19.4. The fourth-order valence-electron chi connectivity index (χ4n) is 1.91. The first-order valence-electron chi connectivity index (χ1n) is 5.58. The maximum absolute atomic E-state index is 13.6. The molecule has 19 heavy (non-hydrogen) atoms. The van der Waals surface area contributed by atoms with E-state index in [2.05, 4.69) is 10.3 Å². The lowest BCUT2D eigenvalue weighted by molar-refractivity contribution is -0.0553. The maximum atomic E-state index is 13.6. The summed E-state index contributed by atoms with van der Waals surface area (Å²) in [5, 5.41) is 30.7. The molecule has 0 amide bonds. The van der Waals surface area contributed by atoms with Crippen molar-refractivity contribution in [2.75, 3.05) is 19.0 Å². The molecule has 8 nitrogen and oxygen atoms in total. The third kappa shape index (κ3) is 2.32. The highest BCUT2D eigenvalue weighted by atomic mass is 19.1. The van der Waals surface area contributed by atoms with E-state index in [1.807, 2.05) is 0 Å². The number of anilines is 1. The Hall–Kier alpha value is -1.55. The van der Waals surface area contributed by atoms with Gasteiger partial charge in [-0.25, -0.2) is 9.18 Å². The van der Waals surface area contributed by atoms with Gasteiger partial charge in [0.1, 0.15) is 18.3 Å². The number of halogens is 1. The topological polar surface area (TPSA) is 117 Å². The highest BCUT2D eigenvalue weighted by Gasteiger charge is 2.43. The molecule has 4 N–H and O–H groups in total. The van der Waals surface area contributed by atoms with Gasteiger partial charge in [0.25, 0.3) is 0 Å². The molecule has 0 aromatic carbocycles. The molecule has 0 aliphatic carbocycles. The van der Waals surface area contributed by atoms with E-state index >= 15 is 0 Å². The fourth-order valence-corrected chi connectivity index (χ4v) is 1.91. The molecule has 2 rings (SSSR count). The minimum atomic E-state index is -1.46. The van der Waals surface area contributed by atoms with E-state index in [0.717, 1.165) is 10.8 Å². The van der Waals surface area contributed by atoms with Crippen LogP contribution < -0.4 is 11.0 Å². The predicted octanol–water partition coefficient (Wildman–Crippen LogP) is -1.96. The molecule has 9 heteroatoms.